The first-order valence-corrected chi connectivity index (χ1v) is 13.1. The Kier molecular flexibility index (Phi) is 6.33. The molecule has 6 rings (SSSR count). The largest absolute Gasteiger partial charge is 0.368 e. The third kappa shape index (κ3) is 4.29. The van der Waals surface area contributed by atoms with Gasteiger partial charge in [0.1, 0.15) is 0 Å². The van der Waals surface area contributed by atoms with Gasteiger partial charge in [-0.1, -0.05) is 72.8 Å². The second kappa shape index (κ2) is 9.70. The van der Waals surface area contributed by atoms with Crippen LogP contribution in [-0.2, 0) is 29.1 Å². The average Bonchev–Trinajstić information content (AvgIpc) is 3.22. The summed E-state index contributed by atoms with van der Waals surface area (Å²) in [6.07, 6.45) is 17.2. The monoisotopic (exact) mass is 465 g/mol. The van der Waals surface area contributed by atoms with Crippen molar-refractivity contribution in [2.75, 3.05) is 0 Å². The number of fused-ring (bicyclic) bond motifs is 5. The van der Waals surface area contributed by atoms with Crippen molar-refractivity contribution in [2.24, 2.45) is 0 Å². The molecule has 4 heteroatoms. The molecule has 1 heterocycles. The quantitative estimate of drug-likeness (QED) is 0.477. The van der Waals surface area contributed by atoms with Gasteiger partial charge in [0.2, 0.25) is 9.84 Å². The van der Waals surface area contributed by atoms with Crippen LogP contribution in [0.25, 0.3) is 16.0 Å². The molecule has 0 amide bonds. The van der Waals surface area contributed by atoms with Crippen LogP contribution in [0.5, 0.6) is 0 Å². The molecule has 0 saturated carbocycles. The van der Waals surface area contributed by atoms with E-state index in [2.05, 4.69) is 35.6 Å². The lowest BCUT2D eigenvalue weighted by atomic mass is 9.79. The van der Waals surface area contributed by atoms with Crippen molar-refractivity contribution in [3.63, 3.8) is 0 Å². The molecule has 3 aromatic rings. The highest BCUT2D eigenvalue weighted by atomic mass is 32.2. The molecule has 1 aliphatic heterocycles. The van der Waals surface area contributed by atoms with Crippen LogP contribution >= 0.6 is 0 Å². The van der Waals surface area contributed by atoms with Crippen molar-refractivity contribution in [3.8, 4) is 11.1 Å². The molecule has 3 aromatic carbocycles. The molecule has 0 fully saturated rings. The van der Waals surface area contributed by atoms with Crippen LogP contribution in [0, 0.1) is 0 Å². The van der Waals surface area contributed by atoms with Crippen LogP contribution in [0.3, 0.4) is 0 Å². The number of hydrogen-bond acceptors (Lipinski definition) is 3. The molecule has 0 radical (unpaired) electrons. The van der Waals surface area contributed by atoms with Gasteiger partial charge in [-0.15, -0.1) is 0 Å². The maximum Gasteiger partial charge on any atom is 0.206 e. The summed E-state index contributed by atoms with van der Waals surface area (Å²) in [5.74, 6) is 0. The van der Waals surface area contributed by atoms with Crippen LogP contribution in [0.1, 0.15) is 28.7 Å². The zero-order chi connectivity index (χ0) is 23.4. The Morgan fingerprint density at radius 3 is 2.09 bits per heavy atom. The molecule has 0 atom stereocenters. The second-order valence-corrected chi connectivity index (χ2v) is 10.4. The molecule has 0 unspecified atom stereocenters. The Morgan fingerprint density at radius 2 is 1.29 bits per heavy atom. The van der Waals surface area contributed by atoms with Crippen LogP contribution < -0.4 is 5.32 Å². The van der Waals surface area contributed by atoms with Crippen LogP contribution in [-0.4, -0.2) is 8.42 Å². The van der Waals surface area contributed by atoms with Gasteiger partial charge in [-0.25, -0.2) is 8.42 Å². The fourth-order valence-electron chi connectivity index (χ4n) is 4.85. The molecule has 170 valence electrons. The van der Waals surface area contributed by atoms with Crippen molar-refractivity contribution < 1.29 is 8.42 Å². The van der Waals surface area contributed by atoms with Gasteiger partial charge in [0.05, 0.1) is 9.80 Å². The van der Waals surface area contributed by atoms with E-state index in [0.29, 0.717) is 9.80 Å². The standard InChI is InChI=1S/C24H20O2S.C6H7N/c25-27(26,18-8-2-1-3-9-18)24-12-6-11-20-22-14-13-17-7-4-5-10-19(17)21(22)15-16-23(20)24;1-2-4-6-7-5-3-1/h1-5,7-10,12,15-16H,6,11,13-14H2;1-7H. The summed E-state index contributed by atoms with van der Waals surface area (Å²) in [6.45, 7) is 0. The summed E-state index contributed by atoms with van der Waals surface area (Å²) in [6, 6.07) is 21.4. The van der Waals surface area contributed by atoms with Crippen molar-refractivity contribution in [3.05, 3.63) is 132 Å². The Balaban J connectivity index is 0.000000297. The number of nitrogens with one attached hydrogen (secondary N) is 1. The molecule has 0 spiro atoms. The third-order valence-electron chi connectivity index (χ3n) is 6.43. The predicted molar refractivity (Wildman–Crippen MR) is 140 cm³/mol. The van der Waals surface area contributed by atoms with Crippen molar-refractivity contribution in [2.45, 2.75) is 30.6 Å². The minimum Gasteiger partial charge on any atom is -0.368 e. The molecule has 1 N–H and O–H groups in total. The van der Waals surface area contributed by atoms with Crippen molar-refractivity contribution >= 4 is 14.7 Å². The maximum absolute atomic E-state index is 13.2. The highest BCUT2D eigenvalue weighted by molar-refractivity contribution is 8.00. The molecule has 0 bridgehead atoms. The van der Waals surface area contributed by atoms with E-state index in [1.807, 2.05) is 54.9 Å². The number of sulfone groups is 1. The van der Waals surface area contributed by atoms with E-state index in [0.717, 1.165) is 31.2 Å². The molecule has 2 aliphatic carbocycles. The predicted octanol–water partition coefficient (Wildman–Crippen LogP) is 6.39. The van der Waals surface area contributed by atoms with E-state index in [9.17, 15) is 8.42 Å². The number of aryl methyl sites for hydroxylation is 1. The van der Waals surface area contributed by atoms with Gasteiger partial charge in [0.15, 0.2) is 0 Å². The van der Waals surface area contributed by atoms with Gasteiger partial charge in [-0.05, 0) is 83.3 Å². The van der Waals surface area contributed by atoms with Gasteiger partial charge in [0, 0.05) is 12.4 Å². The average molecular weight is 466 g/mol. The van der Waals surface area contributed by atoms with Gasteiger partial charge in [-0.2, -0.15) is 0 Å². The minimum atomic E-state index is -3.50. The lowest BCUT2D eigenvalue weighted by Gasteiger charge is -2.27. The lowest BCUT2D eigenvalue weighted by Crippen LogP contribution is -2.14. The zero-order valence-electron chi connectivity index (χ0n) is 18.9. The number of hydrogen-bond donors (Lipinski definition) is 1. The zero-order valence-corrected chi connectivity index (χ0v) is 19.8. The highest BCUT2D eigenvalue weighted by Gasteiger charge is 2.29. The van der Waals surface area contributed by atoms with Crippen LogP contribution in [0.2, 0.25) is 0 Å². The van der Waals surface area contributed by atoms with E-state index >= 15 is 0 Å². The first-order valence-electron chi connectivity index (χ1n) is 11.6. The van der Waals surface area contributed by atoms with Gasteiger partial charge >= 0.3 is 0 Å². The fraction of sp³-hybridized carbons (Fsp3) is 0.133. The van der Waals surface area contributed by atoms with Crippen LogP contribution in [0.4, 0.5) is 0 Å². The molecule has 34 heavy (non-hydrogen) atoms. The van der Waals surface area contributed by atoms with Gasteiger partial charge in [0.25, 0.3) is 0 Å². The Hall–Kier alpha value is -3.63. The van der Waals surface area contributed by atoms with Crippen molar-refractivity contribution in [1.29, 1.82) is 0 Å². The number of allylic oxidation sites excluding steroid dienone is 5. The first kappa shape index (κ1) is 22.2. The van der Waals surface area contributed by atoms with E-state index < -0.39 is 9.84 Å². The van der Waals surface area contributed by atoms with E-state index in [1.54, 1.807) is 24.3 Å². The molecule has 3 nitrogen and oxygen atoms in total. The number of benzene rings is 3. The van der Waals surface area contributed by atoms with Crippen molar-refractivity contribution in [1.82, 2.24) is 5.32 Å². The minimum absolute atomic E-state index is 0.368. The molecule has 0 saturated heterocycles. The highest BCUT2D eigenvalue weighted by Crippen LogP contribution is 2.42. The van der Waals surface area contributed by atoms with Crippen LogP contribution in [0.15, 0.2) is 114 Å². The molecule has 0 aromatic heterocycles. The first-order chi connectivity index (χ1) is 16.7. The third-order valence-corrected chi connectivity index (χ3v) is 8.29. The number of rotatable bonds is 2. The molecule has 3 aliphatic rings. The summed E-state index contributed by atoms with van der Waals surface area (Å²) < 4.78 is 26.5. The summed E-state index contributed by atoms with van der Waals surface area (Å²) in [5, 5.41) is 2.92. The SMILES string of the molecule is C1=CC=CNC=C1.O=S(=O)(C1=CCCc2c1ccc1c2CCc2ccccc2-1)c1ccccc1. The molecular formula is C30H27NO2S. The Morgan fingerprint density at radius 1 is 0.618 bits per heavy atom. The summed E-state index contributed by atoms with van der Waals surface area (Å²) in [7, 11) is -3.50. The topological polar surface area (TPSA) is 46.2 Å². The Bertz CT molecular complexity index is 1410. The maximum atomic E-state index is 13.2. The molecular weight excluding hydrogens is 438 g/mol. The summed E-state index contributed by atoms with van der Waals surface area (Å²) >= 11 is 0. The normalized spacial score (nSPS) is 15.5. The lowest BCUT2D eigenvalue weighted by molar-refractivity contribution is 0.605. The fourth-order valence-corrected chi connectivity index (χ4v) is 6.44. The van der Waals surface area contributed by atoms with Gasteiger partial charge in [-0.3, -0.25) is 0 Å². The summed E-state index contributed by atoms with van der Waals surface area (Å²) in [5.41, 5.74) is 7.40. The van der Waals surface area contributed by atoms with E-state index in [4.69, 9.17) is 0 Å². The van der Waals surface area contributed by atoms with E-state index in [1.165, 1.54) is 27.8 Å². The Labute approximate surface area is 201 Å². The smallest absolute Gasteiger partial charge is 0.206 e. The van der Waals surface area contributed by atoms with Gasteiger partial charge < -0.3 is 5.32 Å². The summed E-state index contributed by atoms with van der Waals surface area (Å²) in [4.78, 5) is 0.837. The van der Waals surface area contributed by atoms with E-state index in [-0.39, 0.29) is 0 Å². The second-order valence-electron chi connectivity index (χ2n) is 8.47.